The van der Waals surface area contributed by atoms with Crippen LogP contribution in [0.2, 0.25) is 0 Å². The van der Waals surface area contributed by atoms with E-state index in [1.165, 1.54) is 25.3 Å². The average Bonchev–Trinajstić information content (AvgIpc) is 3.09. The number of hydrogen-bond acceptors (Lipinski definition) is 5. The highest BCUT2D eigenvalue weighted by atomic mass is 19.4. The van der Waals surface area contributed by atoms with Crippen molar-refractivity contribution in [2.45, 2.75) is 18.8 Å². The maximum Gasteiger partial charge on any atom is 0.482 e. The van der Waals surface area contributed by atoms with Crippen LogP contribution in [0.4, 0.5) is 27.6 Å². The third kappa shape index (κ3) is 3.86. The molecule has 0 N–H and O–H groups in total. The quantitative estimate of drug-likeness (QED) is 0.544. The molecular weight excluding hydrogens is 393 g/mol. The lowest BCUT2D eigenvalue weighted by molar-refractivity contribution is -0.193. The van der Waals surface area contributed by atoms with Gasteiger partial charge in [0, 0.05) is 19.9 Å². The van der Waals surface area contributed by atoms with Crippen molar-refractivity contribution in [1.82, 2.24) is 9.78 Å². The Bertz CT molecular complexity index is 868. The molecule has 0 bridgehead atoms. The standard InChI is InChI=1S/C16H14F5N3O4/c1-26-9-27-10-3-2-4-11-13(10)24(14(25)16(20,21)28-11)8-7-23-6-5-12(22-23)15(17,18)19/h2-6H,7-9H2,1H3. The first-order valence-corrected chi connectivity index (χ1v) is 7.87. The number of halogens is 5. The van der Waals surface area contributed by atoms with E-state index in [4.69, 9.17) is 9.47 Å². The number of methoxy groups -OCH3 is 1. The van der Waals surface area contributed by atoms with Crippen LogP contribution in [0.5, 0.6) is 11.5 Å². The van der Waals surface area contributed by atoms with Crippen LogP contribution in [0.15, 0.2) is 30.5 Å². The Morgan fingerprint density at radius 1 is 1.21 bits per heavy atom. The number of benzene rings is 1. The van der Waals surface area contributed by atoms with Gasteiger partial charge in [0.2, 0.25) is 0 Å². The van der Waals surface area contributed by atoms with Crippen LogP contribution in [0.25, 0.3) is 0 Å². The first-order chi connectivity index (χ1) is 13.1. The number of ether oxygens (including phenoxy) is 3. The summed E-state index contributed by atoms with van der Waals surface area (Å²) in [6, 6.07) is 4.77. The van der Waals surface area contributed by atoms with Gasteiger partial charge in [-0.15, -0.1) is 0 Å². The minimum Gasteiger partial charge on any atom is -0.465 e. The van der Waals surface area contributed by atoms with Gasteiger partial charge in [-0.05, 0) is 18.2 Å². The topological polar surface area (TPSA) is 65.8 Å². The summed E-state index contributed by atoms with van der Waals surface area (Å²) in [7, 11) is 1.35. The molecular formula is C16H14F5N3O4. The van der Waals surface area contributed by atoms with Crippen LogP contribution in [0.1, 0.15) is 5.69 Å². The smallest absolute Gasteiger partial charge is 0.465 e. The molecule has 0 saturated heterocycles. The molecule has 1 aromatic heterocycles. The van der Waals surface area contributed by atoms with Gasteiger partial charge in [0.05, 0.1) is 6.54 Å². The molecule has 0 atom stereocenters. The number of amides is 1. The van der Waals surface area contributed by atoms with Crippen LogP contribution in [-0.4, -0.2) is 42.2 Å². The van der Waals surface area contributed by atoms with Crippen molar-refractivity contribution in [3.8, 4) is 11.5 Å². The molecule has 2 aromatic rings. The molecule has 7 nitrogen and oxygen atoms in total. The fraction of sp³-hybridized carbons (Fsp3) is 0.375. The summed E-state index contributed by atoms with van der Waals surface area (Å²) < 4.78 is 81.3. The highest BCUT2D eigenvalue weighted by Crippen LogP contribution is 2.45. The van der Waals surface area contributed by atoms with E-state index in [1.807, 2.05) is 0 Å². The zero-order valence-corrected chi connectivity index (χ0v) is 14.4. The summed E-state index contributed by atoms with van der Waals surface area (Å²) in [6.45, 7) is -0.879. The van der Waals surface area contributed by atoms with E-state index in [-0.39, 0.29) is 30.5 Å². The van der Waals surface area contributed by atoms with E-state index in [2.05, 4.69) is 9.84 Å². The molecule has 152 valence electrons. The van der Waals surface area contributed by atoms with Gasteiger partial charge in [0.25, 0.3) is 0 Å². The van der Waals surface area contributed by atoms with Crippen molar-refractivity contribution in [3.63, 3.8) is 0 Å². The normalized spacial score (nSPS) is 15.9. The van der Waals surface area contributed by atoms with E-state index in [0.717, 1.165) is 16.9 Å². The molecule has 2 heterocycles. The van der Waals surface area contributed by atoms with Crippen molar-refractivity contribution in [3.05, 3.63) is 36.2 Å². The van der Waals surface area contributed by atoms with Gasteiger partial charge in [-0.1, -0.05) is 6.07 Å². The molecule has 28 heavy (non-hydrogen) atoms. The summed E-state index contributed by atoms with van der Waals surface area (Å²) in [5, 5.41) is 3.34. The van der Waals surface area contributed by atoms with Gasteiger partial charge in [-0.25, -0.2) is 0 Å². The fourth-order valence-electron chi connectivity index (χ4n) is 2.58. The van der Waals surface area contributed by atoms with E-state index in [0.29, 0.717) is 4.90 Å². The molecule has 1 amide bonds. The average molecular weight is 407 g/mol. The zero-order chi connectivity index (χ0) is 20.5. The van der Waals surface area contributed by atoms with Gasteiger partial charge in [0.15, 0.2) is 18.2 Å². The predicted octanol–water partition coefficient (Wildman–Crippen LogP) is 2.90. The molecule has 1 aliphatic rings. The fourth-order valence-corrected chi connectivity index (χ4v) is 2.58. The molecule has 3 rings (SSSR count). The Hall–Kier alpha value is -2.89. The lowest BCUT2D eigenvalue weighted by Gasteiger charge is -2.34. The summed E-state index contributed by atoms with van der Waals surface area (Å²) >= 11 is 0. The Balaban J connectivity index is 1.89. The van der Waals surface area contributed by atoms with Gasteiger partial charge in [-0.3, -0.25) is 14.4 Å². The number of nitrogens with zero attached hydrogens (tertiary/aromatic N) is 3. The van der Waals surface area contributed by atoms with Crippen molar-refractivity contribution in [2.75, 3.05) is 25.3 Å². The van der Waals surface area contributed by atoms with Crippen LogP contribution in [0, 0.1) is 0 Å². The monoisotopic (exact) mass is 407 g/mol. The second-order valence-corrected chi connectivity index (χ2v) is 5.69. The maximum absolute atomic E-state index is 13.9. The van der Waals surface area contributed by atoms with Crippen molar-refractivity contribution >= 4 is 11.6 Å². The number of para-hydroxylation sites is 1. The largest absolute Gasteiger partial charge is 0.482 e. The van der Waals surface area contributed by atoms with Crippen molar-refractivity contribution < 1.29 is 41.0 Å². The van der Waals surface area contributed by atoms with E-state index >= 15 is 0 Å². The number of carbonyl (C=O) groups excluding carboxylic acids is 1. The number of rotatable bonds is 6. The van der Waals surface area contributed by atoms with Gasteiger partial charge in [0.1, 0.15) is 11.4 Å². The minimum absolute atomic E-state index is 0.0413. The Morgan fingerprint density at radius 3 is 2.61 bits per heavy atom. The van der Waals surface area contributed by atoms with E-state index in [9.17, 15) is 26.7 Å². The van der Waals surface area contributed by atoms with Gasteiger partial charge in [-0.2, -0.15) is 27.1 Å². The second kappa shape index (κ2) is 7.26. The molecule has 0 aliphatic carbocycles. The van der Waals surface area contributed by atoms with Crippen LogP contribution < -0.4 is 14.4 Å². The minimum atomic E-state index is -4.64. The third-order valence-electron chi connectivity index (χ3n) is 3.78. The molecule has 0 spiro atoms. The van der Waals surface area contributed by atoms with Crippen LogP contribution in [0.3, 0.4) is 0 Å². The molecule has 0 fully saturated rings. The highest BCUT2D eigenvalue weighted by molar-refractivity contribution is 6.02. The lowest BCUT2D eigenvalue weighted by atomic mass is 10.2. The number of hydrogen-bond donors (Lipinski definition) is 0. The molecule has 1 aliphatic heterocycles. The zero-order valence-electron chi connectivity index (χ0n) is 14.4. The van der Waals surface area contributed by atoms with Crippen molar-refractivity contribution in [2.24, 2.45) is 0 Å². The highest BCUT2D eigenvalue weighted by Gasteiger charge is 2.51. The number of alkyl halides is 5. The van der Waals surface area contributed by atoms with E-state index < -0.39 is 30.4 Å². The van der Waals surface area contributed by atoms with E-state index in [1.54, 1.807) is 0 Å². The van der Waals surface area contributed by atoms with Crippen LogP contribution >= 0.6 is 0 Å². The predicted molar refractivity (Wildman–Crippen MR) is 84.1 cm³/mol. The van der Waals surface area contributed by atoms with Crippen molar-refractivity contribution in [1.29, 1.82) is 0 Å². The first kappa shape index (κ1) is 19.9. The Kier molecular flexibility index (Phi) is 5.15. The lowest BCUT2D eigenvalue weighted by Crippen LogP contribution is -2.51. The molecule has 0 radical (unpaired) electrons. The Morgan fingerprint density at radius 2 is 1.96 bits per heavy atom. The number of aromatic nitrogens is 2. The summed E-state index contributed by atoms with van der Waals surface area (Å²) in [6.07, 6.45) is -7.73. The van der Waals surface area contributed by atoms with Crippen LogP contribution in [-0.2, 0) is 22.3 Å². The number of anilines is 1. The third-order valence-corrected chi connectivity index (χ3v) is 3.78. The number of carbonyl (C=O) groups is 1. The molecule has 0 saturated carbocycles. The number of fused-ring (bicyclic) bond motifs is 1. The summed E-state index contributed by atoms with van der Waals surface area (Å²) in [5.41, 5.74) is -1.20. The molecule has 0 unspecified atom stereocenters. The first-order valence-electron chi connectivity index (χ1n) is 7.87. The summed E-state index contributed by atoms with van der Waals surface area (Å²) in [4.78, 5) is 12.9. The van der Waals surface area contributed by atoms with Gasteiger partial charge >= 0.3 is 18.2 Å². The Labute approximate surface area is 155 Å². The summed E-state index contributed by atoms with van der Waals surface area (Å²) in [5.74, 6) is -1.94. The maximum atomic E-state index is 13.9. The second-order valence-electron chi connectivity index (χ2n) is 5.69. The SMILES string of the molecule is COCOc1cccc2c1N(CCn1ccc(C(F)(F)F)n1)C(=O)C(F)(F)O2. The molecule has 12 heteroatoms. The van der Waals surface area contributed by atoms with Gasteiger partial charge < -0.3 is 14.2 Å². The molecule has 1 aromatic carbocycles.